The number of rotatable bonds is 6. The Morgan fingerprint density at radius 2 is 1.83 bits per heavy atom. The van der Waals surface area contributed by atoms with E-state index >= 15 is 0 Å². The minimum absolute atomic E-state index is 0.270. The zero-order chi connectivity index (χ0) is 20.1. The van der Waals surface area contributed by atoms with Gasteiger partial charge in [-0.25, -0.2) is 4.79 Å². The second-order valence-electron chi connectivity index (χ2n) is 7.55. The van der Waals surface area contributed by atoms with Gasteiger partial charge in [-0.2, -0.15) is 0 Å². The van der Waals surface area contributed by atoms with Crippen molar-refractivity contribution in [2.75, 3.05) is 7.11 Å². The Bertz CT molecular complexity index is 963. The number of benzene rings is 2. The lowest BCUT2D eigenvalue weighted by molar-refractivity contribution is 0.0600. The molecule has 4 rings (SSSR count). The van der Waals surface area contributed by atoms with Gasteiger partial charge in [-0.05, 0) is 73.0 Å². The molecule has 0 aliphatic heterocycles. The maximum atomic E-state index is 11.5. The Morgan fingerprint density at radius 3 is 2.59 bits per heavy atom. The molecular weight excluding hydrogens is 364 g/mol. The van der Waals surface area contributed by atoms with E-state index in [1.165, 1.54) is 12.7 Å². The monoisotopic (exact) mass is 390 g/mol. The van der Waals surface area contributed by atoms with E-state index in [1.54, 1.807) is 0 Å². The number of carbonyl (C=O) groups excluding carboxylic acids is 1. The molecule has 5 nitrogen and oxygen atoms in total. The molecule has 5 heteroatoms. The van der Waals surface area contributed by atoms with E-state index in [0.717, 1.165) is 48.8 Å². The second-order valence-corrected chi connectivity index (χ2v) is 7.55. The van der Waals surface area contributed by atoms with Crippen molar-refractivity contribution in [3.8, 4) is 5.75 Å². The molecule has 0 bridgehead atoms. The van der Waals surface area contributed by atoms with Crippen LogP contribution >= 0.6 is 0 Å². The third-order valence-corrected chi connectivity index (χ3v) is 5.56. The van der Waals surface area contributed by atoms with E-state index < -0.39 is 0 Å². The van der Waals surface area contributed by atoms with Crippen molar-refractivity contribution >= 4 is 16.7 Å². The smallest absolute Gasteiger partial charge is 0.337 e. The first-order valence-electron chi connectivity index (χ1n) is 10.1. The first-order chi connectivity index (χ1) is 14.2. The lowest BCUT2D eigenvalue weighted by atomic mass is 9.92. The number of aromatic nitrogens is 1. The van der Waals surface area contributed by atoms with Gasteiger partial charge in [-0.3, -0.25) is 4.98 Å². The van der Waals surface area contributed by atoms with Gasteiger partial charge in [0, 0.05) is 30.4 Å². The summed E-state index contributed by atoms with van der Waals surface area (Å²) in [5.74, 6) is 0.636. The fourth-order valence-electron chi connectivity index (χ4n) is 3.85. The van der Waals surface area contributed by atoms with Gasteiger partial charge >= 0.3 is 5.97 Å². The quantitative estimate of drug-likeness (QED) is 0.628. The van der Waals surface area contributed by atoms with Crippen LogP contribution in [0.1, 0.15) is 41.6 Å². The molecule has 0 radical (unpaired) electrons. The Balaban J connectivity index is 1.24. The number of nitrogens with one attached hydrogen (secondary N) is 1. The molecule has 0 saturated heterocycles. The number of nitrogens with zero attached hydrogens (tertiary/aromatic N) is 1. The molecule has 1 heterocycles. The molecule has 1 aliphatic rings. The van der Waals surface area contributed by atoms with Crippen molar-refractivity contribution in [2.45, 2.75) is 44.4 Å². The normalized spacial score (nSPS) is 19.1. The summed E-state index contributed by atoms with van der Waals surface area (Å²) >= 11 is 0. The van der Waals surface area contributed by atoms with Crippen molar-refractivity contribution in [2.24, 2.45) is 0 Å². The van der Waals surface area contributed by atoms with Crippen LogP contribution in [0, 0.1) is 0 Å². The van der Waals surface area contributed by atoms with E-state index in [4.69, 9.17) is 9.47 Å². The van der Waals surface area contributed by atoms with Crippen LogP contribution in [0.25, 0.3) is 10.8 Å². The largest absolute Gasteiger partial charge is 0.490 e. The Kier molecular flexibility index (Phi) is 6.06. The van der Waals surface area contributed by atoms with Crippen molar-refractivity contribution in [3.05, 3.63) is 72.1 Å². The number of pyridine rings is 1. The van der Waals surface area contributed by atoms with Crippen molar-refractivity contribution in [3.63, 3.8) is 0 Å². The summed E-state index contributed by atoms with van der Waals surface area (Å²) in [5.41, 5.74) is 1.75. The number of fused-ring (bicyclic) bond motifs is 1. The molecular formula is C24H26N2O3. The third-order valence-electron chi connectivity index (χ3n) is 5.56. The van der Waals surface area contributed by atoms with E-state index in [-0.39, 0.29) is 12.1 Å². The van der Waals surface area contributed by atoms with Crippen LogP contribution < -0.4 is 10.1 Å². The summed E-state index contributed by atoms with van der Waals surface area (Å²) in [4.78, 5) is 15.7. The fraction of sp³-hybridized carbons (Fsp3) is 0.333. The second kappa shape index (κ2) is 9.05. The summed E-state index contributed by atoms with van der Waals surface area (Å²) in [6, 6.07) is 16.3. The van der Waals surface area contributed by atoms with Crippen molar-refractivity contribution < 1.29 is 14.3 Å². The molecule has 2 aromatic carbocycles. The van der Waals surface area contributed by atoms with Gasteiger partial charge < -0.3 is 14.8 Å². The van der Waals surface area contributed by atoms with Gasteiger partial charge in [-0.15, -0.1) is 0 Å². The molecule has 29 heavy (non-hydrogen) atoms. The highest BCUT2D eigenvalue weighted by molar-refractivity contribution is 5.89. The van der Waals surface area contributed by atoms with E-state index in [1.807, 2.05) is 48.8 Å². The Hall–Kier alpha value is -2.92. The molecule has 1 saturated carbocycles. The lowest BCUT2D eigenvalue weighted by Crippen LogP contribution is -2.35. The van der Waals surface area contributed by atoms with Gasteiger partial charge in [0.05, 0.1) is 18.8 Å². The van der Waals surface area contributed by atoms with Crippen LogP contribution in [0.5, 0.6) is 5.75 Å². The summed E-state index contributed by atoms with van der Waals surface area (Å²) in [6.07, 6.45) is 8.25. The molecule has 1 aromatic heterocycles. The van der Waals surface area contributed by atoms with Crippen LogP contribution in [-0.2, 0) is 11.3 Å². The molecule has 1 fully saturated rings. The van der Waals surface area contributed by atoms with Crippen LogP contribution in [0.2, 0.25) is 0 Å². The number of methoxy groups -OCH3 is 1. The predicted octanol–water partition coefficient (Wildman–Crippen LogP) is 4.50. The molecule has 1 N–H and O–H groups in total. The van der Waals surface area contributed by atoms with Crippen LogP contribution in [0.3, 0.4) is 0 Å². The highest BCUT2D eigenvalue weighted by Gasteiger charge is 2.22. The van der Waals surface area contributed by atoms with Crippen LogP contribution in [-0.4, -0.2) is 30.2 Å². The van der Waals surface area contributed by atoms with Gasteiger partial charge in [0.1, 0.15) is 5.75 Å². The van der Waals surface area contributed by atoms with Crippen LogP contribution in [0.15, 0.2) is 60.9 Å². The predicted molar refractivity (Wildman–Crippen MR) is 113 cm³/mol. The molecule has 150 valence electrons. The third kappa shape index (κ3) is 4.93. The maximum Gasteiger partial charge on any atom is 0.337 e. The Morgan fingerprint density at radius 1 is 1.03 bits per heavy atom. The van der Waals surface area contributed by atoms with Gasteiger partial charge in [-0.1, -0.05) is 12.1 Å². The molecule has 0 amide bonds. The number of hydrogen-bond donors (Lipinski definition) is 1. The van der Waals surface area contributed by atoms with E-state index in [0.29, 0.717) is 11.6 Å². The van der Waals surface area contributed by atoms with Crippen LogP contribution in [0.4, 0.5) is 0 Å². The number of ether oxygens (including phenoxy) is 2. The fourth-order valence-corrected chi connectivity index (χ4v) is 3.85. The molecule has 1 aliphatic carbocycles. The van der Waals surface area contributed by atoms with Crippen molar-refractivity contribution in [1.82, 2.24) is 10.3 Å². The van der Waals surface area contributed by atoms with Gasteiger partial charge in [0.2, 0.25) is 0 Å². The summed E-state index contributed by atoms with van der Waals surface area (Å²) < 4.78 is 11.0. The van der Waals surface area contributed by atoms with E-state index in [2.05, 4.69) is 22.4 Å². The van der Waals surface area contributed by atoms with Gasteiger partial charge in [0.25, 0.3) is 0 Å². The van der Waals surface area contributed by atoms with Crippen molar-refractivity contribution in [1.29, 1.82) is 0 Å². The summed E-state index contributed by atoms with van der Waals surface area (Å²) in [6.45, 7) is 0.802. The summed E-state index contributed by atoms with van der Waals surface area (Å²) in [7, 11) is 1.40. The average Bonchev–Trinajstić information content (AvgIpc) is 2.78. The summed E-state index contributed by atoms with van der Waals surface area (Å²) in [5, 5.41) is 5.92. The molecule has 0 spiro atoms. The topological polar surface area (TPSA) is 60.5 Å². The minimum Gasteiger partial charge on any atom is -0.490 e. The SMILES string of the molecule is COC(=O)c1ccc(CNC2CCC(Oc3ccc4cnccc4c3)CC2)cc1. The maximum absolute atomic E-state index is 11.5. The first-order valence-corrected chi connectivity index (χ1v) is 10.1. The van der Waals surface area contributed by atoms with Gasteiger partial charge in [0.15, 0.2) is 0 Å². The zero-order valence-electron chi connectivity index (χ0n) is 16.6. The standard InChI is InChI=1S/C24H26N2O3/c1-28-24(27)18-4-2-17(3-5-18)15-26-21-7-10-22(11-8-21)29-23-9-6-20-16-25-13-12-19(20)14-23/h2-6,9,12-14,16,21-22,26H,7-8,10-11,15H2,1H3. The first kappa shape index (κ1) is 19.4. The highest BCUT2D eigenvalue weighted by Crippen LogP contribution is 2.26. The highest BCUT2D eigenvalue weighted by atomic mass is 16.5. The molecule has 0 atom stereocenters. The molecule has 0 unspecified atom stereocenters. The number of esters is 1. The Labute approximate surface area is 171 Å². The van der Waals surface area contributed by atoms with E-state index in [9.17, 15) is 4.79 Å². The zero-order valence-corrected chi connectivity index (χ0v) is 16.6. The average molecular weight is 390 g/mol. The lowest BCUT2D eigenvalue weighted by Gasteiger charge is -2.29. The number of carbonyl (C=O) groups is 1. The molecule has 3 aromatic rings. The minimum atomic E-state index is -0.300. The number of hydrogen-bond acceptors (Lipinski definition) is 5.